The number of likely N-dealkylation sites (tertiary alicyclic amines) is 1. The fourth-order valence-electron chi connectivity index (χ4n) is 4.05. The number of rotatable bonds is 2. The molecular weight excluding hydrogens is 336 g/mol. The summed E-state index contributed by atoms with van der Waals surface area (Å²) in [4.78, 5) is 27.0. The highest BCUT2D eigenvalue weighted by molar-refractivity contribution is 5.94. The second kappa shape index (κ2) is 6.50. The van der Waals surface area contributed by atoms with Crippen LogP contribution in [0.4, 0.5) is 0 Å². The Balaban J connectivity index is 1.32. The van der Waals surface area contributed by atoms with Crippen molar-refractivity contribution in [2.24, 2.45) is 0 Å². The minimum Gasteiger partial charge on any atom is -0.361 e. The first-order valence-corrected chi connectivity index (χ1v) is 9.37. The van der Waals surface area contributed by atoms with Crippen LogP contribution in [0, 0.1) is 0 Å². The van der Waals surface area contributed by atoms with Crippen molar-refractivity contribution in [2.75, 3.05) is 13.1 Å². The van der Waals surface area contributed by atoms with Gasteiger partial charge in [-0.3, -0.25) is 9.78 Å². The van der Waals surface area contributed by atoms with Gasteiger partial charge in [-0.1, -0.05) is 30.3 Å². The molecule has 2 aromatic heterocycles. The number of nitrogens with one attached hydrogen (secondary N) is 1. The second-order valence-corrected chi connectivity index (χ2v) is 7.10. The van der Waals surface area contributed by atoms with Crippen LogP contribution in [0.25, 0.3) is 21.9 Å². The molecule has 1 saturated heterocycles. The molecule has 4 aromatic rings. The van der Waals surface area contributed by atoms with Crippen molar-refractivity contribution in [2.45, 2.75) is 18.8 Å². The number of benzene rings is 2. The molecule has 0 radical (unpaired) electrons. The van der Waals surface area contributed by atoms with Crippen LogP contribution in [0.15, 0.2) is 60.9 Å². The molecule has 2 aromatic carbocycles. The minimum absolute atomic E-state index is 0.0226. The molecule has 1 aliphatic heterocycles. The Morgan fingerprint density at radius 1 is 1.00 bits per heavy atom. The summed E-state index contributed by atoms with van der Waals surface area (Å²) in [5.41, 5.74) is 4.55. The number of aromatic amines is 1. The molecule has 0 saturated carbocycles. The third kappa shape index (κ3) is 2.85. The zero-order chi connectivity index (χ0) is 18.2. The maximum absolute atomic E-state index is 12.9. The first-order chi connectivity index (χ1) is 13.3. The predicted octanol–water partition coefficient (Wildman–Crippen LogP) is 4.13. The molecule has 3 heterocycles. The van der Waals surface area contributed by atoms with Crippen LogP contribution in [-0.2, 0) is 0 Å². The number of fused-ring (bicyclic) bond motifs is 2. The Morgan fingerprint density at radius 3 is 2.59 bits per heavy atom. The summed E-state index contributed by atoms with van der Waals surface area (Å²) < 4.78 is 0. The fraction of sp³-hybridized carbons (Fsp3) is 0.227. The van der Waals surface area contributed by atoms with E-state index >= 15 is 0 Å². The number of para-hydroxylation sites is 3. The Hall–Kier alpha value is -3.21. The summed E-state index contributed by atoms with van der Waals surface area (Å²) in [6.45, 7) is 1.50. The molecule has 5 nitrogen and oxygen atoms in total. The lowest BCUT2D eigenvalue weighted by molar-refractivity contribution is 0.0707. The van der Waals surface area contributed by atoms with E-state index in [1.54, 1.807) is 6.20 Å². The molecule has 27 heavy (non-hydrogen) atoms. The smallest absolute Gasteiger partial charge is 0.274 e. The van der Waals surface area contributed by atoms with E-state index in [9.17, 15) is 4.79 Å². The number of H-pyrrole nitrogens is 1. The van der Waals surface area contributed by atoms with Crippen LogP contribution < -0.4 is 0 Å². The number of carbonyl (C=O) groups is 1. The first-order valence-electron chi connectivity index (χ1n) is 9.37. The van der Waals surface area contributed by atoms with Crippen molar-refractivity contribution in [3.05, 3.63) is 72.2 Å². The molecule has 1 N–H and O–H groups in total. The van der Waals surface area contributed by atoms with Crippen LogP contribution in [0.2, 0.25) is 0 Å². The van der Waals surface area contributed by atoms with Gasteiger partial charge in [-0.15, -0.1) is 0 Å². The van der Waals surface area contributed by atoms with Crippen LogP contribution in [0.5, 0.6) is 0 Å². The number of hydrogen-bond acceptors (Lipinski definition) is 3. The highest BCUT2D eigenvalue weighted by Crippen LogP contribution is 2.33. The maximum Gasteiger partial charge on any atom is 0.274 e. The van der Waals surface area contributed by atoms with Crippen LogP contribution in [0.3, 0.4) is 0 Å². The number of aromatic nitrogens is 3. The molecule has 1 aliphatic rings. The Morgan fingerprint density at radius 2 is 1.74 bits per heavy atom. The highest BCUT2D eigenvalue weighted by atomic mass is 16.2. The standard InChI is InChI=1S/C22H20N4O/c27-22(21-14-24-19-7-3-4-8-20(19)25-21)26-11-9-15(10-12-26)17-13-23-18-6-2-1-5-16(17)18/h1-8,13-15,23H,9-12H2. The van der Waals surface area contributed by atoms with Crippen LogP contribution in [-0.4, -0.2) is 38.8 Å². The van der Waals surface area contributed by atoms with Gasteiger partial charge in [-0.25, -0.2) is 4.98 Å². The molecule has 1 amide bonds. The number of nitrogens with zero attached hydrogens (tertiary/aromatic N) is 3. The molecule has 1 fully saturated rings. The number of carbonyl (C=O) groups excluding carboxylic acids is 1. The lowest BCUT2D eigenvalue weighted by Crippen LogP contribution is -2.38. The summed E-state index contributed by atoms with van der Waals surface area (Å²) in [5.74, 6) is 0.457. The number of piperidine rings is 1. The van der Waals surface area contributed by atoms with E-state index in [0.717, 1.165) is 37.0 Å². The number of hydrogen-bond donors (Lipinski definition) is 1. The van der Waals surface area contributed by atoms with Crippen molar-refractivity contribution in [1.29, 1.82) is 0 Å². The molecule has 0 aliphatic carbocycles. The summed E-state index contributed by atoms with van der Waals surface area (Å²) in [6, 6.07) is 16.0. The van der Waals surface area contributed by atoms with Gasteiger partial charge in [-0.05, 0) is 42.5 Å². The molecule has 0 spiro atoms. The van der Waals surface area contributed by atoms with E-state index < -0.39 is 0 Å². The largest absolute Gasteiger partial charge is 0.361 e. The lowest BCUT2D eigenvalue weighted by atomic mass is 9.89. The van der Waals surface area contributed by atoms with Gasteiger partial charge in [0, 0.05) is 30.2 Å². The first kappa shape index (κ1) is 16.0. The van der Waals surface area contributed by atoms with Gasteiger partial charge in [0.25, 0.3) is 5.91 Å². The quantitative estimate of drug-likeness (QED) is 0.587. The van der Waals surface area contributed by atoms with Crippen molar-refractivity contribution in [3.63, 3.8) is 0 Å². The maximum atomic E-state index is 12.9. The lowest BCUT2D eigenvalue weighted by Gasteiger charge is -2.31. The number of amides is 1. The van der Waals surface area contributed by atoms with Crippen LogP contribution >= 0.6 is 0 Å². The Bertz CT molecular complexity index is 1130. The van der Waals surface area contributed by atoms with Crippen LogP contribution in [0.1, 0.15) is 34.8 Å². The average Bonchev–Trinajstić information content (AvgIpc) is 3.17. The van der Waals surface area contributed by atoms with Gasteiger partial charge in [0.05, 0.1) is 17.2 Å². The molecule has 0 bridgehead atoms. The van der Waals surface area contributed by atoms with E-state index in [2.05, 4.69) is 45.4 Å². The zero-order valence-corrected chi connectivity index (χ0v) is 14.9. The average molecular weight is 356 g/mol. The molecular formula is C22H20N4O. The topological polar surface area (TPSA) is 61.9 Å². The van der Waals surface area contributed by atoms with Crippen molar-refractivity contribution in [3.8, 4) is 0 Å². The SMILES string of the molecule is O=C(c1cnc2ccccc2n1)N1CCC(c2c[nH]c3ccccc23)CC1. The Labute approximate surface area is 157 Å². The summed E-state index contributed by atoms with van der Waals surface area (Å²) in [6.07, 6.45) is 5.65. The van der Waals surface area contributed by atoms with E-state index in [-0.39, 0.29) is 5.91 Å². The van der Waals surface area contributed by atoms with E-state index in [1.807, 2.05) is 29.2 Å². The van der Waals surface area contributed by atoms with Gasteiger partial charge in [0.1, 0.15) is 5.69 Å². The van der Waals surface area contributed by atoms with Gasteiger partial charge >= 0.3 is 0 Å². The molecule has 0 atom stereocenters. The fourth-order valence-corrected chi connectivity index (χ4v) is 4.05. The summed E-state index contributed by atoms with van der Waals surface area (Å²) >= 11 is 0. The second-order valence-electron chi connectivity index (χ2n) is 7.10. The minimum atomic E-state index is -0.0226. The van der Waals surface area contributed by atoms with Gasteiger partial charge in [-0.2, -0.15) is 0 Å². The van der Waals surface area contributed by atoms with Gasteiger partial charge in [0.15, 0.2) is 0 Å². The van der Waals surface area contributed by atoms with Crippen molar-refractivity contribution < 1.29 is 4.79 Å². The van der Waals surface area contributed by atoms with Crippen molar-refractivity contribution in [1.82, 2.24) is 19.9 Å². The molecule has 134 valence electrons. The van der Waals surface area contributed by atoms with E-state index in [0.29, 0.717) is 11.6 Å². The zero-order valence-electron chi connectivity index (χ0n) is 14.9. The van der Waals surface area contributed by atoms with E-state index in [1.165, 1.54) is 16.5 Å². The normalized spacial score (nSPS) is 15.5. The summed E-state index contributed by atoms with van der Waals surface area (Å²) in [7, 11) is 0. The predicted molar refractivity (Wildman–Crippen MR) is 106 cm³/mol. The highest BCUT2D eigenvalue weighted by Gasteiger charge is 2.26. The van der Waals surface area contributed by atoms with Crippen molar-refractivity contribution >= 4 is 27.8 Å². The van der Waals surface area contributed by atoms with Gasteiger partial charge in [0.2, 0.25) is 0 Å². The molecule has 5 rings (SSSR count). The van der Waals surface area contributed by atoms with E-state index in [4.69, 9.17) is 0 Å². The third-order valence-corrected chi connectivity index (χ3v) is 5.51. The van der Waals surface area contributed by atoms with Gasteiger partial charge < -0.3 is 9.88 Å². The molecule has 5 heteroatoms. The third-order valence-electron chi connectivity index (χ3n) is 5.51. The molecule has 0 unspecified atom stereocenters. The summed E-state index contributed by atoms with van der Waals surface area (Å²) in [5, 5.41) is 1.29. The Kier molecular flexibility index (Phi) is 3.85. The monoisotopic (exact) mass is 356 g/mol.